The first-order valence-corrected chi connectivity index (χ1v) is 6.52. The van der Waals surface area contributed by atoms with Crippen molar-refractivity contribution in [3.8, 4) is 0 Å². The van der Waals surface area contributed by atoms with Gasteiger partial charge in [0.05, 0.1) is 0 Å². The second-order valence-electron chi connectivity index (χ2n) is 4.80. The van der Waals surface area contributed by atoms with Crippen molar-refractivity contribution in [2.24, 2.45) is 5.92 Å². The number of unbranched alkanes of at least 4 members (excludes halogenated alkanes) is 6. The third-order valence-corrected chi connectivity index (χ3v) is 3.26. The second kappa shape index (κ2) is 7.09. The van der Waals surface area contributed by atoms with Crippen molar-refractivity contribution < 1.29 is 0 Å². The van der Waals surface area contributed by atoms with Crippen LogP contribution in [0, 0.1) is 5.92 Å². The van der Waals surface area contributed by atoms with Crippen molar-refractivity contribution in [1.82, 2.24) is 0 Å². The Morgan fingerprint density at radius 1 is 1.00 bits per heavy atom. The summed E-state index contributed by atoms with van der Waals surface area (Å²) < 4.78 is 0. The van der Waals surface area contributed by atoms with E-state index in [4.69, 9.17) is 0 Å². The Balaban J connectivity index is 1.77. The van der Waals surface area contributed by atoms with Crippen LogP contribution in [-0.4, -0.2) is 0 Å². The van der Waals surface area contributed by atoms with E-state index in [-0.39, 0.29) is 0 Å². The lowest BCUT2D eigenvalue weighted by Gasteiger charge is -2.03. The van der Waals surface area contributed by atoms with Gasteiger partial charge in [-0.3, -0.25) is 0 Å². The van der Waals surface area contributed by atoms with Crippen molar-refractivity contribution in [3.05, 3.63) is 12.2 Å². The largest absolute Gasteiger partial charge is 0.0996 e. The first-order valence-electron chi connectivity index (χ1n) is 6.52. The van der Waals surface area contributed by atoms with Crippen LogP contribution in [0.4, 0.5) is 0 Å². The molecular weight excluding hydrogens is 168 g/mol. The Hall–Kier alpha value is -0.260. The van der Waals surface area contributed by atoms with Crippen LogP contribution in [0.2, 0.25) is 0 Å². The van der Waals surface area contributed by atoms with Gasteiger partial charge in [-0.25, -0.2) is 0 Å². The lowest BCUT2D eigenvalue weighted by Crippen LogP contribution is -1.85. The van der Waals surface area contributed by atoms with E-state index in [0.717, 1.165) is 5.92 Å². The summed E-state index contributed by atoms with van der Waals surface area (Å²) in [6.45, 7) is 6.44. The topological polar surface area (TPSA) is 0 Å². The monoisotopic (exact) mass is 194 g/mol. The predicted octanol–water partition coefficient (Wildman–Crippen LogP) is 5.09. The van der Waals surface area contributed by atoms with Gasteiger partial charge in [-0.05, 0) is 31.6 Å². The molecule has 0 aliphatic heterocycles. The Morgan fingerprint density at radius 2 is 1.57 bits per heavy atom. The third kappa shape index (κ3) is 5.47. The highest BCUT2D eigenvalue weighted by molar-refractivity contribution is 5.06. The van der Waals surface area contributed by atoms with E-state index >= 15 is 0 Å². The fourth-order valence-electron chi connectivity index (χ4n) is 2.00. The van der Waals surface area contributed by atoms with Gasteiger partial charge in [-0.2, -0.15) is 0 Å². The van der Waals surface area contributed by atoms with Gasteiger partial charge in [0, 0.05) is 0 Å². The summed E-state index contributed by atoms with van der Waals surface area (Å²) in [5.74, 6) is 0.926. The van der Waals surface area contributed by atoms with E-state index < -0.39 is 0 Å². The van der Waals surface area contributed by atoms with E-state index in [1.807, 2.05) is 0 Å². The molecule has 0 N–H and O–H groups in total. The zero-order chi connectivity index (χ0) is 10.2. The number of hydrogen-bond acceptors (Lipinski definition) is 0. The summed E-state index contributed by atoms with van der Waals surface area (Å²) in [6.07, 6.45) is 14.1. The fourth-order valence-corrected chi connectivity index (χ4v) is 2.00. The quantitative estimate of drug-likeness (QED) is 0.354. The molecule has 0 unspecified atom stereocenters. The van der Waals surface area contributed by atoms with Crippen LogP contribution >= 0.6 is 0 Å². The average Bonchev–Trinajstić information content (AvgIpc) is 2.99. The third-order valence-electron chi connectivity index (χ3n) is 3.26. The molecule has 0 heteroatoms. The van der Waals surface area contributed by atoms with Crippen LogP contribution in [0.1, 0.15) is 71.1 Å². The number of hydrogen-bond donors (Lipinski definition) is 0. The van der Waals surface area contributed by atoms with E-state index in [9.17, 15) is 0 Å². The molecule has 0 nitrogen and oxygen atoms in total. The maximum Gasteiger partial charge on any atom is -0.0205 e. The first-order chi connectivity index (χ1) is 6.84. The molecule has 0 radical (unpaired) electrons. The summed E-state index contributed by atoms with van der Waals surface area (Å²) in [7, 11) is 0. The molecule has 0 atom stereocenters. The van der Waals surface area contributed by atoms with Gasteiger partial charge in [0.25, 0.3) is 0 Å². The minimum atomic E-state index is 0.926. The zero-order valence-electron chi connectivity index (χ0n) is 9.86. The lowest BCUT2D eigenvalue weighted by molar-refractivity contribution is 0.585. The van der Waals surface area contributed by atoms with E-state index in [2.05, 4.69) is 13.5 Å². The lowest BCUT2D eigenvalue weighted by atomic mass is 10.0. The van der Waals surface area contributed by atoms with Crippen molar-refractivity contribution in [2.45, 2.75) is 71.1 Å². The van der Waals surface area contributed by atoms with Crippen molar-refractivity contribution >= 4 is 0 Å². The van der Waals surface area contributed by atoms with Gasteiger partial charge in [-0.15, -0.1) is 0 Å². The summed E-state index contributed by atoms with van der Waals surface area (Å²) in [4.78, 5) is 0. The standard InChI is InChI=1S/C14H26/c1-3-4-5-6-7-8-9-10-13(2)14-11-12-14/h14H,2-12H2,1H3. The maximum absolute atomic E-state index is 4.16. The van der Waals surface area contributed by atoms with Crippen molar-refractivity contribution in [3.63, 3.8) is 0 Å². The smallest absolute Gasteiger partial charge is 0.0205 e. The molecule has 1 aliphatic rings. The van der Waals surface area contributed by atoms with Crippen LogP contribution in [-0.2, 0) is 0 Å². The fraction of sp³-hybridized carbons (Fsp3) is 0.857. The molecule has 1 rings (SSSR count). The molecule has 0 aromatic heterocycles. The molecule has 82 valence electrons. The van der Waals surface area contributed by atoms with Gasteiger partial charge < -0.3 is 0 Å². The van der Waals surface area contributed by atoms with Crippen molar-refractivity contribution in [1.29, 1.82) is 0 Å². The highest BCUT2D eigenvalue weighted by Gasteiger charge is 2.23. The predicted molar refractivity (Wildman–Crippen MR) is 64.5 cm³/mol. The Morgan fingerprint density at radius 3 is 2.14 bits per heavy atom. The van der Waals surface area contributed by atoms with Gasteiger partial charge in [-0.1, -0.05) is 57.6 Å². The van der Waals surface area contributed by atoms with Crippen LogP contribution in [0.3, 0.4) is 0 Å². The molecule has 0 saturated heterocycles. The van der Waals surface area contributed by atoms with Crippen LogP contribution in [0.15, 0.2) is 12.2 Å². The van der Waals surface area contributed by atoms with Crippen LogP contribution < -0.4 is 0 Å². The van der Waals surface area contributed by atoms with Gasteiger partial charge in [0.1, 0.15) is 0 Å². The van der Waals surface area contributed by atoms with Crippen molar-refractivity contribution in [2.75, 3.05) is 0 Å². The molecular formula is C14H26. The van der Waals surface area contributed by atoms with E-state index in [1.54, 1.807) is 5.57 Å². The number of allylic oxidation sites excluding steroid dienone is 1. The normalized spacial score (nSPS) is 15.8. The molecule has 0 aromatic rings. The molecule has 1 aliphatic carbocycles. The summed E-state index contributed by atoms with van der Waals surface area (Å²) in [5.41, 5.74) is 1.54. The molecule has 0 aromatic carbocycles. The molecule has 0 bridgehead atoms. The van der Waals surface area contributed by atoms with Gasteiger partial charge in [0.2, 0.25) is 0 Å². The highest BCUT2D eigenvalue weighted by Crippen LogP contribution is 2.37. The molecule has 0 amide bonds. The maximum atomic E-state index is 4.16. The summed E-state index contributed by atoms with van der Waals surface area (Å²) >= 11 is 0. The van der Waals surface area contributed by atoms with Gasteiger partial charge in [0.15, 0.2) is 0 Å². The first kappa shape index (κ1) is 11.8. The molecule has 0 spiro atoms. The Kier molecular flexibility index (Phi) is 5.98. The molecule has 1 saturated carbocycles. The van der Waals surface area contributed by atoms with Crippen LogP contribution in [0.5, 0.6) is 0 Å². The number of rotatable bonds is 9. The Labute approximate surface area is 89.8 Å². The van der Waals surface area contributed by atoms with E-state index in [1.165, 1.54) is 64.2 Å². The minimum Gasteiger partial charge on any atom is -0.0996 e. The minimum absolute atomic E-state index is 0.926. The molecule has 0 heterocycles. The van der Waals surface area contributed by atoms with Gasteiger partial charge >= 0.3 is 0 Å². The van der Waals surface area contributed by atoms with Crippen LogP contribution in [0.25, 0.3) is 0 Å². The second-order valence-corrected chi connectivity index (χ2v) is 4.80. The average molecular weight is 194 g/mol. The SMILES string of the molecule is C=C(CCCCCCCCC)C1CC1. The zero-order valence-corrected chi connectivity index (χ0v) is 9.86. The molecule has 14 heavy (non-hydrogen) atoms. The Bertz CT molecular complexity index is 153. The summed E-state index contributed by atoms with van der Waals surface area (Å²) in [5, 5.41) is 0. The molecule has 1 fully saturated rings. The summed E-state index contributed by atoms with van der Waals surface area (Å²) in [6, 6.07) is 0. The highest BCUT2D eigenvalue weighted by atomic mass is 14.3. The van der Waals surface area contributed by atoms with E-state index in [0.29, 0.717) is 0 Å².